The highest BCUT2D eigenvalue weighted by molar-refractivity contribution is 6.21. The van der Waals surface area contributed by atoms with E-state index in [9.17, 15) is 0 Å². The minimum absolute atomic E-state index is 0.864. The van der Waals surface area contributed by atoms with Gasteiger partial charge in [0.05, 0.1) is 16.7 Å². The highest BCUT2D eigenvalue weighted by atomic mass is 16.3. The molecule has 0 aliphatic heterocycles. The zero-order chi connectivity index (χ0) is 34.9. The summed E-state index contributed by atoms with van der Waals surface area (Å²) in [7, 11) is 0. The smallest absolute Gasteiger partial charge is 0.159 e. The quantitative estimate of drug-likeness (QED) is 0.181. The maximum absolute atomic E-state index is 6.79. The molecule has 0 aliphatic carbocycles. The monoisotopic (exact) mass is 676 g/mol. The Labute approximate surface area is 306 Å². The number of benzene rings is 9. The maximum atomic E-state index is 6.79. The van der Waals surface area contributed by atoms with Gasteiger partial charge in [-0.3, -0.25) is 0 Å². The number of furan rings is 1. The van der Waals surface area contributed by atoms with Crippen LogP contribution in [0.3, 0.4) is 0 Å². The van der Waals surface area contributed by atoms with Crippen LogP contribution in [0.2, 0.25) is 0 Å². The summed E-state index contributed by atoms with van der Waals surface area (Å²) in [6.45, 7) is 0. The standard InChI is InChI=1S/C50H32N2O/c1-3-14-39-33(11-1)13-9-18-40(39)35-23-26-36(27-24-35)51(47-22-10-19-44-49-41-15-4-2-12-34(41)25-32-48(49)53-50(44)47)37-28-30-38(31-29-37)52-45-20-7-5-16-42(45)43-17-6-8-21-46(43)52/h1-32H. The molecular weight excluding hydrogens is 645 g/mol. The van der Waals surface area contributed by atoms with Crippen molar-refractivity contribution in [3.63, 3.8) is 0 Å². The Morgan fingerprint density at radius 1 is 0.396 bits per heavy atom. The topological polar surface area (TPSA) is 21.3 Å². The fraction of sp³-hybridized carbons (Fsp3) is 0. The number of hydrogen-bond donors (Lipinski definition) is 0. The third kappa shape index (κ3) is 4.61. The van der Waals surface area contributed by atoms with E-state index in [4.69, 9.17) is 4.42 Å². The molecule has 3 heteroatoms. The Morgan fingerprint density at radius 3 is 1.66 bits per heavy atom. The molecule has 11 aromatic rings. The van der Waals surface area contributed by atoms with E-state index in [0.717, 1.165) is 44.7 Å². The van der Waals surface area contributed by atoms with Gasteiger partial charge in [0.25, 0.3) is 0 Å². The first-order valence-electron chi connectivity index (χ1n) is 18.1. The molecule has 0 unspecified atom stereocenters. The van der Waals surface area contributed by atoms with Gasteiger partial charge in [0.1, 0.15) is 5.58 Å². The molecule has 0 saturated carbocycles. The van der Waals surface area contributed by atoms with Gasteiger partial charge in [0.2, 0.25) is 0 Å². The minimum atomic E-state index is 0.864. The maximum Gasteiger partial charge on any atom is 0.159 e. The first-order valence-corrected chi connectivity index (χ1v) is 18.1. The number of aromatic nitrogens is 1. The van der Waals surface area contributed by atoms with Crippen LogP contribution in [0.5, 0.6) is 0 Å². The van der Waals surface area contributed by atoms with Crippen molar-refractivity contribution in [3.05, 3.63) is 194 Å². The third-order valence-corrected chi connectivity index (χ3v) is 10.8. The normalized spacial score (nSPS) is 11.8. The summed E-state index contributed by atoms with van der Waals surface area (Å²) < 4.78 is 9.15. The van der Waals surface area contributed by atoms with Crippen molar-refractivity contribution in [2.24, 2.45) is 0 Å². The first-order chi connectivity index (χ1) is 26.3. The van der Waals surface area contributed by atoms with E-state index < -0.39 is 0 Å². The molecule has 2 aromatic heterocycles. The summed E-state index contributed by atoms with van der Waals surface area (Å²) in [4.78, 5) is 2.33. The van der Waals surface area contributed by atoms with Crippen LogP contribution in [0.1, 0.15) is 0 Å². The van der Waals surface area contributed by atoms with E-state index in [1.807, 2.05) is 0 Å². The number of anilines is 3. The molecule has 0 bridgehead atoms. The summed E-state index contributed by atoms with van der Waals surface area (Å²) >= 11 is 0. The van der Waals surface area contributed by atoms with Gasteiger partial charge >= 0.3 is 0 Å². The summed E-state index contributed by atoms with van der Waals surface area (Å²) in [5.41, 5.74) is 10.8. The predicted octanol–water partition coefficient (Wildman–Crippen LogP) is 14.1. The molecule has 2 heterocycles. The van der Waals surface area contributed by atoms with Gasteiger partial charge in [-0.1, -0.05) is 133 Å². The minimum Gasteiger partial charge on any atom is -0.454 e. The molecule has 0 radical (unpaired) electrons. The van der Waals surface area contributed by atoms with Gasteiger partial charge in [0.15, 0.2) is 5.58 Å². The molecule has 0 saturated heterocycles. The van der Waals surface area contributed by atoms with E-state index in [1.165, 1.54) is 54.5 Å². The molecular formula is C50H32N2O. The number of fused-ring (bicyclic) bond motifs is 9. The van der Waals surface area contributed by atoms with Crippen molar-refractivity contribution >= 4 is 82.4 Å². The zero-order valence-electron chi connectivity index (χ0n) is 28.8. The lowest BCUT2D eigenvalue weighted by molar-refractivity contribution is 0.669. The second-order valence-electron chi connectivity index (χ2n) is 13.7. The summed E-state index contributed by atoms with van der Waals surface area (Å²) in [5, 5.41) is 9.65. The summed E-state index contributed by atoms with van der Waals surface area (Å²) in [6, 6.07) is 69.6. The molecule has 0 aliphatic rings. The van der Waals surface area contributed by atoms with Crippen molar-refractivity contribution in [3.8, 4) is 16.8 Å². The van der Waals surface area contributed by atoms with E-state index in [2.05, 4.69) is 204 Å². The van der Waals surface area contributed by atoms with Gasteiger partial charge < -0.3 is 13.9 Å². The van der Waals surface area contributed by atoms with E-state index in [-0.39, 0.29) is 0 Å². The van der Waals surface area contributed by atoms with E-state index in [0.29, 0.717) is 0 Å². The molecule has 11 rings (SSSR count). The SMILES string of the molecule is c1ccc2c(-c3ccc(N(c4ccc(-n5c6ccccc6c6ccccc65)cc4)c4cccc5c4oc4ccc6ccccc6c45)cc3)cccc2c1. The zero-order valence-corrected chi connectivity index (χ0v) is 28.8. The van der Waals surface area contributed by atoms with Crippen molar-refractivity contribution < 1.29 is 4.42 Å². The molecule has 53 heavy (non-hydrogen) atoms. The average Bonchev–Trinajstić information content (AvgIpc) is 3.78. The number of rotatable bonds is 5. The lowest BCUT2D eigenvalue weighted by Crippen LogP contribution is -2.10. The van der Waals surface area contributed by atoms with Crippen LogP contribution < -0.4 is 4.90 Å². The van der Waals surface area contributed by atoms with E-state index >= 15 is 0 Å². The fourth-order valence-electron chi connectivity index (χ4n) is 8.38. The van der Waals surface area contributed by atoms with E-state index in [1.54, 1.807) is 0 Å². The second-order valence-corrected chi connectivity index (χ2v) is 13.7. The Hall–Kier alpha value is -7.10. The van der Waals surface area contributed by atoms with Crippen LogP contribution in [-0.2, 0) is 0 Å². The van der Waals surface area contributed by atoms with Crippen LogP contribution in [-0.4, -0.2) is 4.57 Å². The van der Waals surface area contributed by atoms with Crippen molar-refractivity contribution in [1.82, 2.24) is 4.57 Å². The fourth-order valence-corrected chi connectivity index (χ4v) is 8.38. The van der Waals surface area contributed by atoms with Crippen LogP contribution >= 0.6 is 0 Å². The third-order valence-electron chi connectivity index (χ3n) is 10.8. The number of para-hydroxylation sites is 3. The van der Waals surface area contributed by atoms with Crippen LogP contribution in [0.25, 0.3) is 82.1 Å². The van der Waals surface area contributed by atoms with Gasteiger partial charge in [-0.05, 0) is 93.3 Å². The van der Waals surface area contributed by atoms with Crippen molar-refractivity contribution in [2.45, 2.75) is 0 Å². The highest BCUT2D eigenvalue weighted by Crippen LogP contribution is 2.44. The second kappa shape index (κ2) is 11.7. The van der Waals surface area contributed by atoms with Crippen LogP contribution in [0, 0.1) is 0 Å². The Bertz CT molecular complexity index is 3110. The Morgan fingerprint density at radius 2 is 0.943 bits per heavy atom. The van der Waals surface area contributed by atoms with Gasteiger partial charge in [-0.25, -0.2) is 0 Å². The van der Waals surface area contributed by atoms with Gasteiger partial charge in [-0.15, -0.1) is 0 Å². The Kier molecular flexibility index (Phi) is 6.55. The molecule has 0 N–H and O–H groups in total. The van der Waals surface area contributed by atoms with Crippen molar-refractivity contribution in [1.29, 1.82) is 0 Å². The average molecular weight is 677 g/mol. The lowest BCUT2D eigenvalue weighted by atomic mass is 9.98. The largest absolute Gasteiger partial charge is 0.454 e. The van der Waals surface area contributed by atoms with Crippen LogP contribution in [0.15, 0.2) is 199 Å². The van der Waals surface area contributed by atoms with Gasteiger partial charge in [-0.2, -0.15) is 0 Å². The van der Waals surface area contributed by atoms with Gasteiger partial charge in [0, 0.05) is 38.6 Å². The molecule has 248 valence electrons. The molecule has 0 amide bonds. The number of hydrogen-bond acceptors (Lipinski definition) is 2. The number of nitrogens with zero attached hydrogens (tertiary/aromatic N) is 2. The Balaban J connectivity index is 1.10. The highest BCUT2D eigenvalue weighted by Gasteiger charge is 2.21. The van der Waals surface area contributed by atoms with Crippen LogP contribution in [0.4, 0.5) is 17.1 Å². The predicted molar refractivity (Wildman–Crippen MR) is 223 cm³/mol. The summed E-state index contributed by atoms with van der Waals surface area (Å²) in [6.07, 6.45) is 0. The van der Waals surface area contributed by atoms with Crippen molar-refractivity contribution in [2.75, 3.05) is 4.90 Å². The molecule has 0 atom stereocenters. The lowest BCUT2D eigenvalue weighted by Gasteiger charge is -2.26. The molecule has 0 spiro atoms. The molecule has 0 fully saturated rings. The molecule has 3 nitrogen and oxygen atoms in total. The first kappa shape index (κ1) is 29.6. The molecule has 9 aromatic carbocycles. The summed E-state index contributed by atoms with van der Waals surface area (Å²) in [5.74, 6) is 0.